The van der Waals surface area contributed by atoms with Crippen LogP contribution in [0, 0.1) is 0 Å². The van der Waals surface area contributed by atoms with Crippen molar-refractivity contribution in [1.29, 1.82) is 0 Å². The number of urea groups is 1. The number of hydrogen-bond donors (Lipinski definition) is 3. The summed E-state index contributed by atoms with van der Waals surface area (Å²) in [5.41, 5.74) is 0.707. The number of rotatable bonds is 2. The van der Waals surface area contributed by atoms with E-state index < -0.39 is 0 Å². The van der Waals surface area contributed by atoms with E-state index in [4.69, 9.17) is 11.6 Å². The fraction of sp³-hybridized carbons (Fsp3) is 0.417. The molecule has 4 nitrogen and oxygen atoms in total. The zero-order valence-electron chi connectivity index (χ0n) is 9.50. The summed E-state index contributed by atoms with van der Waals surface area (Å²) in [6, 6.07) is 7.14. The summed E-state index contributed by atoms with van der Waals surface area (Å²) in [4.78, 5) is 11.7. The van der Waals surface area contributed by atoms with E-state index in [-0.39, 0.29) is 12.1 Å². The summed E-state index contributed by atoms with van der Waals surface area (Å²) in [7, 11) is 0. The van der Waals surface area contributed by atoms with Gasteiger partial charge in [0.15, 0.2) is 0 Å². The van der Waals surface area contributed by atoms with Gasteiger partial charge in [0.2, 0.25) is 0 Å². The second-order valence-corrected chi connectivity index (χ2v) is 4.59. The minimum absolute atomic E-state index is 0.180. The number of benzene rings is 1. The van der Waals surface area contributed by atoms with Crippen molar-refractivity contribution in [3.05, 3.63) is 29.3 Å². The monoisotopic (exact) mass is 253 g/mol. The maximum Gasteiger partial charge on any atom is 0.319 e. The van der Waals surface area contributed by atoms with Crippen LogP contribution >= 0.6 is 11.6 Å². The Morgan fingerprint density at radius 3 is 3.06 bits per heavy atom. The molecule has 0 aromatic heterocycles. The molecule has 0 aliphatic carbocycles. The number of piperidine rings is 1. The maximum absolute atomic E-state index is 11.7. The summed E-state index contributed by atoms with van der Waals surface area (Å²) in [6.45, 7) is 1.87. The third-order valence-electron chi connectivity index (χ3n) is 2.71. The Hall–Kier alpha value is -1.26. The molecule has 1 unspecified atom stereocenters. The van der Waals surface area contributed by atoms with Crippen LogP contribution in [0.25, 0.3) is 0 Å². The Kier molecular flexibility index (Phi) is 4.23. The quantitative estimate of drug-likeness (QED) is 0.757. The van der Waals surface area contributed by atoms with E-state index in [2.05, 4.69) is 16.0 Å². The summed E-state index contributed by atoms with van der Waals surface area (Å²) in [6.07, 6.45) is 2.12. The normalized spacial score (nSPS) is 19.7. The minimum atomic E-state index is -0.180. The van der Waals surface area contributed by atoms with E-state index in [1.165, 1.54) is 0 Å². The molecule has 1 aliphatic heterocycles. The summed E-state index contributed by atoms with van der Waals surface area (Å²) < 4.78 is 0. The SMILES string of the molecule is O=C(Nc1cccc(Cl)c1)NC1CCCNC1. The van der Waals surface area contributed by atoms with Gasteiger partial charge in [0, 0.05) is 23.3 Å². The standard InChI is InChI=1S/C12H16ClN3O/c13-9-3-1-4-10(7-9)15-12(17)16-11-5-2-6-14-8-11/h1,3-4,7,11,14H,2,5-6,8H2,(H2,15,16,17). The molecular weight excluding hydrogens is 238 g/mol. The van der Waals surface area contributed by atoms with Gasteiger partial charge in [0.05, 0.1) is 0 Å². The van der Waals surface area contributed by atoms with Crippen LogP contribution in [0.1, 0.15) is 12.8 Å². The van der Waals surface area contributed by atoms with Crippen LogP contribution in [0.2, 0.25) is 5.02 Å². The maximum atomic E-state index is 11.7. The highest BCUT2D eigenvalue weighted by atomic mass is 35.5. The molecule has 0 radical (unpaired) electrons. The number of hydrogen-bond acceptors (Lipinski definition) is 2. The molecule has 1 aromatic carbocycles. The predicted molar refractivity (Wildman–Crippen MR) is 69.5 cm³/mol. The molecule has 1 aromatic rings. The number of carbonyl (C=O) groups excluding carboxylic acids is 1. The first-order valence-corrected chi connectivity index (χ1v) is 6.15. The van der Waals surface area contributed by atoms with E-state index in [9.17, 15) is 4.79 Å². The Morgan fingerprint density at radius 2 is 2.35 bits per heavy atom. The van der Waals surface area contributed by atoms with Gasteiger partial charge in [-0.1, -0.05) is 17.7 Å². The van der Waals surface area contributed by atoms with Crippen LogP contribution in [-0.4, -0.2) is 25.2 Å². The molecule has 1 aliphatic rings. The molecule has 5 heteroatoms. The van der Waals surface area contributed by atoms with Crippen molar-refractivity contribution in [2.24, 2.45) is 0 Å². The average Bonchev–Trinajstić information content (AvgIpc) is 2.30. The second kappa shape index (κ2) is 5.89. The van der Waals surface area contributed by atoms with Gasteiger partial charge in [-0.25, -0.2) is 4.79 Å². The fourth-order valence-electron chi connectivity index (χ4n) is 1.89. The van der Waals surface area contributed by atoms with Crippen LogP contribution in [-0.2, 0) is 0 Å². The third kappa shape index (κ3) is 3.91. The van der Waals surface area contributed by atoms with Crippen LogP contribution < -0.4 is 16.0 Å². The lowest BCUT2D eigenvalue weighted by Gasteiger charge is -2.23. The predicted octanol–water partition coefficient (Wildman–Crippen LogP) is 2.21. The molecule has 17 heavy (non-hydrogen) atoms. The van der Waals surface area contributed by atoms with Crippen molar-refractivity contribution in [3.63, 3.8) is 0 Å². The summed E-state index contributed by atoms with van der Waals surface area (Å²) in [5, 5.41) is 9.56. The second-order valence-electron chi connectivity index (χ2n) is 4.15. The Labute approximate surface area is 106 Å². The number of anilines is 1. The van der Waals surface area contributed by atoms with E-state index in [0.29, 0.717) is 10.7 Å². The van der Waals surface area contributed by atoms with Crippen molar-refractivity contribution in [2.75, 3.05) is 18.4 Å². The lowest BCUT2D eigenvalue weighted by molar-refractivity contribution is 0.245. The lowest BCUT2D eigenvalue weighted by atomic mass is 10.1. The van der Waals surface area contributed by atoms with Gasteiger partial charge in [0.25, 0.3) is 0 Å². The molecule has 2 rings (SSSR count). The third-order valence-corrected chi connectivity index (χ3v) is 2.95. The van der Waals surface area contributed by atoms with Gasteiger partial charge in [-0.05, 0) is 37.6 Å². The Bertz CT molecular complexity index is 391. The van der Waals surface area contributed by atoms with E-state index >= 15 is 0 Å². The van der Waals surface area contributed by atoms with E-state index in [0.717, 1.165) is 25.9 Å². The fourth-order valence-corrected chi connectivity index (χ4v) is 2.08. The van der Waals surface area contributed by atoms with Gasteiger partial charge in [-0.15, -0.1) is 0 Å². The van der Waals surface area contributed by atoms with Gasteiger partial charge in [0.1, 0.15) is 0 Å². The highest BCUT2D eigenvalue weighted by Crippen LogP contribution is 2.14. The molecule has 1 saturated heterocycles. The van der Waals surface area contributed by atoms with E-state index in [1.807, 2.05) is 6.07 Å². The van der Waals surface area contributed by atoms with Crippen molar-refractivity contribution in [2.45, 2.75) is 18.9 Å². The largest absolute Gasteiger partial charge is 0.334 e. The highest BCUT2D eigenvalue weighted by molar-refractivity contribution is 6.30. The van der Waals surface area contributed by atoms with Crippen molar-refractivity contribution < 1.29 is 4.79 Å². The number of halogens is 1. The zero-order valence-corrected chi connectivity index (χ0v) is 10.3. The molecule has 3 N–H and O–H groups in total. The first kappa shape index (κ1) is 12.2. The van der Waals surface area contributed by atoms with Crippen molar-refractivity contribution >= 4 is 23.3 Å². The highest BCUT2D eigenvalue weighted by Gasteiger charge is 2.14. The molecule has 1 atom stereocenters. The molecule has 0 bridgehead atoms. The van der Waals surface area contributed by atoms with Crippen LogP contribution in [0.3, 0.4) is 0 Å². The molecule has 2 amide bonds. The number of nitrogens with one attached hydrogen (secondary N) is 3. The molecular formula is C12H16ClN3O. The van der Waals surface area contributed by atoms with Crippen molar-refractivity contribution in [1.82, 2.24) is 10.6 Å². The molecule has 1 heterocycles. The number of carbonyl (C=O) groups is 1. The average molecular weight is 254 g/mol. The van der Waals surface area contributed by atoms with Crippen LogP contribution in [0.5, 0.6) is 0 Å². The zero-order chi connectivity index (χ0) is 12.1. The smallest absolute Gasteiger partial charge is 0.319 e. The van der Waals surface area contributed by atoms with E-state index in [1.54, 1.807) is 18.2 Å². The first-order chi connectivity index (χ1) is 8.24. The summed E-state index contributed by atoms with van der Waals surface area (Å²) in [5.74, 6) is 0. The van der Waals surface area contributed by atoms with Gasteiger partial charge in [-0.3, -0.25) is 0 Å². The summed E-state index contributed by atoms with van der Waals surface area (Å²) >= 11 is 5.84. The van der Waals surface area contributed by atoms with Crippen LogP contribution in [0.4, 0.5) is 10.5 Å². The molecule has 92 valence electrons. The molecule has 1 fully saturated rings. The van der Waals surface area contributed by atoms with Gasteiger partial charge >= 0.3 is 6.03 Å². The van der Waals surface area contributed by atoms with Crippen molar-refractivity contribution in [3.8, 4) is 0 Å². The Balaban J connectivity index is 1.84. The van der Waals surface area contributed by atoms with Gasteiger partial charge in [-0.2, -0.15) is 0 Å². The molecule has 0 spiro atoms. The Morgan fingerprint density at radius 1 is 1.47 bits per heavy atom. The van der Waals surface area contributed by atoms with Crippen LogP contribution in [0.15, 0.2) is 24.3 Å². The lowest BCUT2D eigenvalue weighted by Crippen LogP contribution is -2.47. The molecule has 0 saturated carbocycles. The minimum Gasteiger partial charge on any atom is -0.334 e. The first-order valence-electron chi connectivity index (χ1n) is 5.78. The van der Waals surface area contributed by atoms with Gasteiger partial charge < -0.3 is 16.0 Å². The number of amides is 2. The topological polar surface area (TPSA) is 53.2 Å².